The van der Waals surface area contributed by atoms with E-state index in [4.69, 9.17) is 11.6 Å². The van der Waals surface area contributed by atoms with Crippen LogP contribution >= 0.6 is 11.6 Å². The van der Waals surface area contributed by atoms with E-state index in [9.17, 15) is 18.0 Å². The number of halogens is 1. The van der Waals surface area contributed by atoms with E-state index in [1.54, 1.807) is 61.5 Å². The Morgan fingerprint density at radius 3 is 2.17 bits per heavy atom. The quantitative estimate of drug-likeness (QED) is 0.686. The van der Waals surface area contributed by atoms with Gasteiger partial charge in [0.05, 0.1) is 11.9 Å². The standard InChI is InChI=1S/C20H24ClN3O4S/c1-15(20(26)22-2)23(13-16-9-11-17(21)12-10-16)19(25)14-24(29(3,27)28)18-7-5-4-6-8-18/h4-12,15H,13-14H2,1-3H3,(H,22,26)/t15-/m1/s1. The molecule has 2 aromatic carbocycles. The number of hydrogen-bond acceptors (Lipinski definition) is 4. The molecule has 0 unspecified atom stereocenters. The maximum absolute atomic E-state index is 13.1. The van der Waals surface area contributed by atoms with Crippen molar-refractivity contribution in [3.05, 3.63) is 65.2 Å². The summed E-state index contributed by atoms with van der Waals surface area (Å²) < 4.78 is 25.6. The average Bonchev–Trinajstić information content (AvgIpc) is 2.70. The average molecular weight is 438 g/mol. The van der Waals surface area contributed by atoms with E-state index in [-0.39, 0.29) is 12.5 Å². The highest BCUT2D eigenvalue weighted by molar-refractivity contribution is 7.92. The van der Waals surface area contributed by atoms with Crippen molar-refractivity contribution in [2.24, 2.45) is 0 Å². The van der Waals surface area contributed by atoms with Crippen LogP contribution in [0, 0.1) is 0 Å². The third kappa shape index (κ3) is 6.20. The lowest BCUT2D eigenvalue weighted by molar-refractivity contribution is -0.139. The van der Waals surface area contributed by atoms with Gasteiger partial charge in [0.2, 0.25) is 21.8 Å². The maximum atomic E-state index is 13.1. The first kappa shape index (κ1) is 22.7. The van der Waals surface area contributed by atoms with E-state index in [0.717, 1.165) is 16.1 Å². The second kappa shape index (κ2) is 9.76. The molecule has 0 saturated carbocycles. The Morgan fingerprint density at radius 2 is 1.66 bits per heavy atom. The van der Waals surface area contributed by atoms with Crippen molar-refractivity contribution in [2.45, 2.75) is 19.5 Å². The zero-order valence-electron chi connectivity index (χ0n) is 16.5. The van der Waals surface area contributed by atoms with Gasteiger partial charge in [0.25, 0.3) is 0 Å². The molecule has 0 aliphatic heterocycles. The number of carbonyl (C=O) groups excluding carboxylic acids is 2. The predicted molar refractivity (Wildman–Crippen MR) is 114 cm³/mol. The summed E-state index contributed by atoms with van der Waals surface area (Å²) in [5.74, 6) is -0.844. The fraction of sp³-hybridized carbons (Fsp3) is 0.300. The molecule has 0 aromatic heterocycles. The van der Waals surface area contributed by atoms with Crippen LogP contribution in [0.3, 0.4) is 0 Å². The Labute approximate surface area is 176 Å². The van der Waals surface area contributed by atoms with Crippen molar-refractivity contribution in [3.8, 4) is 0 Å². The molecule has 7 nitrogen and oxygen atoms in total. The number of para-hydroxylation sites is 1. The van der Waals surface area contributed by atoms with Crippen molar-refractivity contribution in [2.75, 3.05) is 24.2 Å². The predicted octanol–water partition coefficient (Wildman–Crippen LogP) is 2.27. The second-order valence-corrected chi connectivity index (χ2v) is 8.89. The monoisotopic (exact) mass is 437 g/mol. The molecular formula is C20H24ClN3O4S. The number of anilines is 1. The van der Waals surface area contributed by atoms with Crippen molar-refractivity contribution < 1.29 is 18.0 Å². The number of likely N-dealkylation sites (N-methyl/N-ethyl adjacent to an activating group) is 1. The second-order valence-electron chi connectivity index (χ2n) is 6.54. The normalized spacial score (nSPS) is 12.1. The lowest BCUT2D eigenvalue weighted by atomic mass is 10.1. The molecule has 2 amide bonds. The van der Waals surface area contributed by atoms with Gasteiger partial charge < -0.3 is 10.2 Å². The lowest BCUT2D eigenvalue weighted by Crippen LogP contribution is -2.50. The van der Waals surface area contributed by atoms with Gasteiger partial charge in [-0.1, -0.05) is 41.9 Å². The highest BCUT2D eigenvalue weighted by atomic mass is 35.5. The topological polar surface area (TPSA) is 86.8 Å². The van der Waals surface area contributed by atoms with Crippen LogP contribution in [0.2, 0.25) is 5.02 Å². The number of sulfonamides is 1. The van der Waals surface area contributed by atoms with Gasteiger partial charge in [0.1, 0.15) is 12.6 Å². The number of benzene rings is 2. The van der Waals surface area contributed by atoms with Gasteiger partial charge in [0, 0.05) is 18.6 Å². The highest BCUT2D eigenvalue weighted by Crippen LogP contribution is 2.19. The van der Waals surface area contributed by atoms with Crippen molar-refractivity contribution >= 4 is 39.1 Å². The van der Waals surface area contributed by atoms with Gasteiger partial charge in [-0.15, -0.1) is 0 Å². The summed E-state index contributed by atoms with van der Waals surface area (Å²) in [6.45, 7) is 1.31. The van der Waals surface area contributed by atoms with Crippen LogP contribution in [0.1, 0.15) is 12.5 Å². The van der Waals surface area contributed by atoms with Crippen molar-refractivity contribution in [1.82, 2.24) is 10.2 Å². The van der Waals surface area contributed by atoms with Gasteiger partial charge in [-0.25, -0.2) is 8.42 Å². The van der Waals surface area contributed by atoms with Crippen LogP contribution in [0.25, 0.3) is 0 Å². The van der Waals surface area contributed by atoms with Crippen LogP contribution in [0.15, 0.2) is 54.6 Å². The Bertz CT molecular complexity index is 949. The SMILES string of the molecule is CNC(=O)[C@@H](C)N(Cc1ccc(Cl)cc1)C(=O)CN(c1ccccc1)S(C)(=O)=O. The molecule has 1 atom stereocenters. The molecule has 0 bridgehead atoms. The fourth-order valence-electron chi connectivity index (χ4n) is 2.79. The minimum Gasteiger partial charge on any atom is -0.357 e. The van der Waals surface area contributed by atoms with Gasteiger partial charge in [-0.2, -0.15) is 0 Å². The molecule has 2 rings (SSSR count). The number of nitrogens with zero attached hydrogens (tertiary/aromatic N) is 2. The van der Waals surface area contributed by atoms with E-state index in [1.165, 1.54) is 11.9 Å². The molecular weight excluding hydrogens is 414 g/mol. The first-order valence-electron chi connectivity index (χ1n) is 8.91. The minimum absolute atomic E-state index is 0.136. The molecule has 2 aromatic rings. The van der Waals surface area contributed by atoms with Crippen molar-refractivity contribution in [3.63, 3.8) is 0 Å². The molecule has 1 N–H and O–H groups in total. The maximum Gasteiger partial charge on any atom is 0.244 e. The van der Waals surface area contributed by atoms with Crippen LogP contribution in [0.4, 0.5) is 5.69 Å². The van der Waals surface area contributed by atoms with Crippen LogP contribution in [-0.2, 0) is 26.2 Å². The molecule has 0 radical (unpaired) electrons. The molecule has 0 fully saturated rings. The van der Waals surface area contributed by atoms with E-state index in [1.807, 2.05) is 0 Å². The molecule has 0 heterocycles. The number of carbonyl (C=O) groups is 2. The summed E-state index contributed by atoms with van der Waals surface area (Å²) >= 11 is 5.92. The Morgan fingerprint density at radius 1 is 1.07 bits per heavy atom. The van der Waals surface area contributed by atoms with E-state index < -0.39 is 28.5 Å². The summed E-state index contributed by atoms with van der Waals surface area (Å²) in [4.78, 5) is 26.7. The van der Waals surface area contributed by atoms with Gasteiger partial charge >= 0.3 is 0 Å². The zero-order chi connectivity index (χ0) is 21.6. The Balaban J connectivity index is 2.34. The number of amides is 2. The molecule has 29 heavy (non-hydrogen) atoms. The first-order chi connectivity index (χ1) is 13.6. The smallest absolute Gasteiger partial charge is 0.244 e. The molecule has 156 valence electrons. The van der Waals surface area contributed by atoms with Gasteiger partial charge in [-0.3, -0.25) is 13.9 Å². The van der Waals surface area contributed by atoms with E-state index in [2.05, 4.69) is 5.32 Å². The Kier molecular flexibility index (Phi) is 7.64. The van der Waals surface area contributed by atoms with Gasteiger partial charge in [-0.05, 0) is 36.8 Å². The third-order valence-corrected chi connectivity index (χ3v) is 5.80. The third-order valence-electron chi connectivity index (χ3n) is 4.40. The van der Waals surface area contributed by atoms with Crippen LogP contribution < -0.4 is 9.62 Å². The zero-order valence-corrected chi connectivity index (χ0v) is 18.1. The summed E-state index contributed by atoms with van der Waals surface area (Å²) in [5.41, 5.74) is 1.14. The number of hydrogen-bond donors (Lipinski definition) is 1. The molecule has 0 aliphatic carbocycles. The van der Waals surface area contributed by atoms with E-state index in [0.29, 0.717) is 10.7 Å². The largest absolute Gasteiger partial charge is 0.357 e. The van der Waals surface area contributed by atoms with Gasteiger partial charge in [0.15, 0.2) is 0 Å². The number of nitrogens with one attached hydrogen (secondary N) is 1. The highest BCUT2D eigenvalue weighted by Gasteiger charge is 2.29. The van der Waals surface area contributed by atoms with Crippen molar-refractivity contribution in [1.29, 1.82) is 0 Å². The molecule has 0 spiro atoms. The lowest BCUT2D eigenvalue weighted by Gasteiger charge is -2.31. The first-order valence-corrected chi connectivity index (χ1v) is 11.1. The molecule has 0 aliphatic rings. The molecule has 0 saturated heterocycles. The van der Waals surface area contributed by atoms with Crippen LogP contribution in [-0.4, -0.2) is 51.0 Å². The fourth-order valence-corrected chi connectivity index (χ4v) is 3.76. The summed E-state index contributed by atoms with van der Waals surface area (Å²) in [7, 11) is -2.23. The van der Waals surface area contributed by atoms with Crippen LogP contribution in [0.5, 0.6) is 0 Å². The summed E-state index contributed by atoms with van der Waals surface area (Å²) in [6.07, 6.45) is 1.04. The Hall–Kier alpha value is -2.58. The molecule has 9 heteroatoms. The van der Waals surface area contributed by atoms with E-state index >= 15 is 0 Å². The number of rotatable bonds is 8. The summed E-state index contributed by atoms with van der Waals surface area (Å²) in [6, 6.07) is 14.5. The summed E-state index contributed by atoms with van der Waals surface area (Å²) in [5, 5.41) is 3.08. The minimum atomic E-state index is -3.71.